The molecule has 3 rings (SSSR count). The second-order valence-electron chi connectivity index (χ2n) is 6.92. The molecule has 0 saturated heterocycles. The number of aliphatic hydroxyl groups is 1. The second-order valence-corrected chi connectivity index (χ2v) is 6.92. The fraction of sp³-hybridized carbons (Fsp3) is 0.318. The zero-order valence-electron chi connectivity index (χ0n) is 15.9. The Labute approximate surface area is 159 Å². The highest BCUT2D eigenvalue weighted by Crippen LogP contribution is 2.34. The minimum Gasteiger partial charge on any atom is -0.497 e. The summed E-state index contributed by atoms with van der Waals surface area (Å²) in [6, 6.07) is 17.4. The van der Waals surface area contributed by atoms with Crippen molar-refractivity contribution in [3.05, 3.63) is 65.9 Å². The molecule has 1 heterocycles. The number of hydrogen-bond acceptors (Lipinski definition) is 3. The van der Waals surface area contributed by atoms with Crippen molar-refractivity contribution in [1.29, 1.82) is 0 Å². The van der Waals surface area contributed by atoms with Crippen LogP contribution in [0.15, 0.2) is 54.6 Å². The molecule has 2 aromatic carbocycles. The molecule has 0 spiro atoms. The van der Waals surface area contributed by atoms with Crippen molar-refractivity contribution in [1.82, 2.24) is 9.78 Å². The molecule has 0 fully saturated rings. The number of nitrogens with zero attached hydrogens (tertiary/aromatic N) is 2. The molecule has 1 atom stereocenters. The molecule has 5 heteroatoms. The number of benzene rings is 2. The van der Waals surface area contributed by atoms with E-state index in [0.29, 0.717) is 12.1 Å². The molecule has 1 unspecified atom stereocenters. The molecular weight excluding hydrogens is 343 g/mol. The van der Waals surface area contributed by atoms with Crippen molar-refractivity contribution in [3.63, 3.8) is 0 Å². The lowest BCUT2D eigenvalue weighted by molar-refractivity contribution is 0.149. The van der Waals surface area contributed by atoms with Crippen LogP contribution in [0.3, 0.4) is 0 Å². The lowest BCUT2D eigenvalue weighted by Gasteiger charge is -2.17. The van der Waals surface area contributed by atoms with E-state index in [4.69, 9.17) is 9.84 Å². The maximum atomic E-state index is 15.2. The Morgan fingerprint density at radius 2 is 1.78 bits per heavy atom. The molecule has 3 aromatic rings. The predicted molar refractivity (Wildman–Crippen MR) is 105 cm³/mol. The molecular formula is C22H25FN2O2. The van der Waals surface area contributed by atoms with Crippen molar-refractivity contribution in [2.45, 2.75) is 32.4 Å². The molecule has 0 saturated carbocycles. The lowest BCUT2D eigenvalue weighted by atomic mass is 9.97. The summed E-state index contributed by atoms with van der Waals surface area (Å²) in [7, 11) is 1.62. The summed E-state index contributed by atoms with van der Waals surface area (Å²) in [5.74, 6) is 0.751. The minimum atomic E-state index is -1.61. The van der Waals surface area contributed by atoms with Gasteiger partial charge in [0.15, 0.2) is 5.67 Å². The predicted octanol–water partition coefficient (Wildman–Crippen LogP) is 4.81. The summed E-state index contributed by atoms with van der Waals surface area (Å²) < 4.78 is 22.2. The minimum absolute atomic E-state index is 0.0382. The number of methoxy groups -OCH3 is 1. The summed E-state index contributed by atoms with van der Waals surface area (Å²) >= 11 is 0. The van der Waals surface area contributed by atoms with Crippen LogP contribution in [-0.2, 0) is 5.67 Å². The van der Waals surface area contributed by atoms with Gasteiger partial charge in [-0.15, -0.1) is 0 Å². The van der Waals surface area contributed by atoms with Crippen LogP contribution in [0, 0.1) is 6.92 Å². The van der Waals surface area contributed by atoms with Gasteiger partial charge in [-0.1, -0.05) is 29.8 Å². The summed E-state index contributed by atoms with van der Waals surface area (Å²) in [4.78, 5) is 0. The van der Waals surface area contributed by atoms with Gasteiger partial charge in [0.05, 0.1) is 18.5 Å². The Hall–Kier alpha value is -2.66. The average molecular weight is 368 g/mol. The SMILES string of the molecule is COc1ccc(-n2nc(C(C)(F)CCCO)cc2-c2ccc(C)cc2)cc1. The van der Waals surface area contributed by atoms with Gasteiger partial charge in [0.25, 0.3) is 0 Å². The first-order valence-electron chi connectivity index (χ1n) is 9.06. The number of hydrogen-bond donors (Lipinski definition) is 1. The highest BCUT2D eigenvalue weighted by molar-refractivity contribution is 5.63. The zero-order chi connectivity index (χ0) is 19.4. The standard InChI is InChI=1S/C22H25FN2O2/c1-16-5-7-17(8-6-16)20-15-21(22(2,23)13-4-14-26)24-25(20)18-9-11-19(27-3)12-10-18/h5-12,15,26H,4,13-14H2,1-3H3. The smallest absolute Gasteiger partial charge is 0.151 e. The van der Waals surface area contributed by atoms with Gasteiger partial charge in [-0.25, -0.2) is 9.07 Å². The number of aliphatic hydroxyl groups excluding tert-OH is 1. The van der Waals surface area contributed by atoms with E-state index in [0.717, 1.165) is 28.3 Å². The number of ether oxygens (including phenoxy) is 1. The van der Waals surface area contributed by atoms with E-state index in [1.807, 2.05) is 55.5 Å². The molecule has 1 N–H and O–H groups in total. The van der Waals surface area contributed by atoms with E-state index in [2.05, 4.69) is 5.10 Å². The largest absolute Gasteiger partial charge is 0.497 e. The third-order valence-electron chi connectivity index (χ3n) is 4.71. The summed E-state index contributed by atoms with van der Waals surface area (Å²) in [6.07, 6.45) is 0.610. The molecule has 0 bridgehead atoms. The number of rotatable bonds is 7. The van der Waals surface area contributed by atoms with Crippen LogP contribution in [0.4, 0.5) is 4.39 Å². The van der Waals surface area contributed by atoms with Crippen molar-refractivity contribution >= 4 is 0 Å². The normalized spacial score (nSPS) is 13.4. The van der Waals surface area contributed by atoms with E-state index < -0.39 is 5.67 Å². The van der Waals surface area contributed by atoms with Crippen LogP contribution in [0.2, 0.25) is 0 Å². The second kappa shape index (κ2) is 7.92. The average Bonchev–Trinajstić information content (AvgIpc) is 3.13. The Kier molecular flexibility index (Phi) is 5.61. The van der Waals surface area contributed by atoms with Crippen molar-refractivity contribution in [3.8, 4) is 22.7 Å². The van der Waals surface area contributed by atoms with Gasteiger partial charge in [0.2, 0.25) is 0 Å². The summed E-state index contributed by atoms with van der Waals surface area (Å²) in [5.41, 5.74) is 2.53. The van der Waals surface area contributed by atoms with Gasteiger partial charge in [-0.3, -0.25) is 0 Å². The van der Waals surface area contributed by atoms with Gasteiger partial charge in [0, 0.05) is 12.2 Å². The van der Waals surface area contributed by atoms with Crippen molar-refractivity contribution in [2.24, 2.45) is 0 Å². The van der Waals surface area contributed by atoms with E-state index in [-0.39, 0.29) is 13.0 Å². The highest BCUT2D eigenvalue weighted by atomic mass is 19.1. The molecule has 0 radical (unpaired) electrons. The van der Waals surface area contributed by atoms with Crippen LogP contribution in [0.25, 0.3) is 16.9 Å². The molecule has 1 aromatic heterocycles. The monoisotopic (exact) mass is 368 g/mol. The van der Waals surface area contributed by atoms with Crippen molar-refractivity contribution < 1.29 is 14.2 Å². The molecule has 142 valence electrons. The first kappa shape index (κ1) is 19.1. The third kappa shape index (κ3) is 4.19. The maximum absolute atomic E-state index is 15.2. The highest BCUT2D eigenvalue weighted by Gasteiger charge is 2.30. The topological polar surface area (TPSA) is 47.3 Å². The first-order chi connectivity index (χ1) is 12.9. The Balaban J connectivity index is 2.09. The number of aromatic nitrogens is 2. The molecule has 0 aliphatic carbocycles. The number of alkyl halides is 1. The molecule has 27 heavy (non-hydrogen) atoms. The van der Waals surface area contributed by atoms with Gasteiger partial charge in [-0.05, 0) is 57.0 Å². The summed E-state index contributed by atoms with van der Waals surface area (Å²) in [6.45, 7) is 3.51. The Morgan fingerprint density at radius 3 is 2.37 bits per heavy atom. The number of aryl methyl sites for hydroxylation is 1. The molecule has 0 amide bonds. The lowest BCUT2D eigenvalue weighted by Crippen LogP contribution is -2.17. The first-order valence-corrected chi connectivity index (χ1v) is 9.06. The maximum Gasteiger partial charge on any atom is 0.151 e. The van der Waals surface area contributed by atoms with E-state index >= 15 is 4.39 Å². The molecule has 4 nitrogen and oxygen atoms in total. The van der Waals surface area contributed by atoms with Gasteiger partial charge < -0.3 is 9.84 Å². The van der Waals surface area contributed by atoms with Gasteiger partial charge in [0.1, 0.15) is 11.4 Å². The van der Waals surface area contributed by atoms with Crippen molar-refractivity contribution in [2.75, 3.05) is 13.7 Å². The zero-order valence-corrected chi connectivity index (χ0v) is 15.9. The van der Waals surface area contributed by atoms with Crippen LogP contribution >= 0.6 is 0 Å². The Morgan fingerprint density at radius 1 is 1.11 bits per heavy atom. The van der Waals surface area contributed by atoms with Crippen LogP contribution in [-0.4, -0.2) is 28.6 Å². The van der Waals surface area contributed by atoms with Crippen LogP contribution < -0.4 is 4.74 Å². The molecule has 0 aliphatic rings. The quantitative estimate of drug-likeness (QED) is 0.651. The van der Waals surface area contributed by atoms with E-state index in [1.165, 1.54) is 6.92 Å². The number of halogens is 1. The van der Waals surface area contributed by atoms with Crippen LogP contribution in [0.5, 0.6) is 5.75 Å². The molecule has 0 aliphatic heterocycles. The van der Waals surface area contributed by atoms with Crippen LogP contribution in [0.1, 0.15) is 31.0 Å². The fourth-order valence-corrected chi connectivity index (χ4v) is 3.03. The Bertz CT molecular complexity index is 884. The third-order valence-corrected chi connectivity index (χ3v) is 4.71. The van der Waals surface area contributed by atoms with Gasteiger partial charge in [-0.2, -0.15) is 5.10 Å². The summed E-state index contributed by atoms with van der Waals surface area (Å²) in [5, 5.41) is 13.6. The fourth-order valence-electron chi connectivity index (χ4n) is 3.03. The van der Waals surface area contributed by atoms with E-state index in [1.54, 1.807) is 17.9 Å². The van der Waals surface area contributed by atoms with E-state index in [9.17, 15) is 0 Å². The van der Waals surface area contributed by atoms with Gasteiger partial charge >= 0.3 is 0 Å².